The number of allylic oxidation sites excluding steroid dienone is 2. The Labute approximate surface area is 174 Å². The number of benzene rings is 2. The first kappa shape index (κ1) is 21.2. The quantitative estimate of drug-likeness (QED) is 0.321. The molecular formula is C24H24O6. The Morgan fingerprint density at radius 3 is 1.50 bits per heavy atom. The number of hydrogen-bond donors (Lipinski definition) is 4. The first-order valence-corrected chi connectivity index (χ1v) is 9.81. The van der Waals surface area contributed by atoms with Gasteiger partial charge in [-0.25, -0.2) is 0 Å². The van der Waals surface area contributed by atoms with Crippen LogP contribution in [0, 0.1) is 5.41 Å². The topological polar surface area (TPSA) is 115 Å². The van der Waals surface area contributed by atoms with Crippen LogP contribution in [-0.2, 0) is 9.59 Å². The summed E-state index contributed by atoms with van der Waals surface area (Å²) in [6.45, 7) is 0. The molecule has 6 nitrogen and oxygen atoms in total. The van der Waals surface area contributed by atoms with Gasteiger partial charge < -0.3 is 20.4 Å². The van der Waals surface area contributed by atoms with Crippen LogP contribution < -0.4 is 0 Å². The Hall–Kier alpha value is -3.54. The van der Waals surface area contributed by atoms with Crippen molar-refractivity contribution >= 4 is 23.7 Å². The van der Waals surface area contributed by atoms with Gasteiger partial charge >= 0.3 is 0 Å². The molecule has 156 valence electrons. The van der Waals surface area contributed by atoms with Gasteiger partial charge in [0.15, 0.2) is 34.6 Å². The summed E-state index contributed by atoms with van der Waals surface area (Å²) in [6.07, 6.45) is 9.19. The maximum absolute atomic E-state index is 13.1. The molecule has 0 atom stereocenters. The highest BCUT2D eigenvalue weighted by molar-refractivity contribution is 6.17. The standard InChI is InChI=1S/C24H24O6/c25-18-8-4-16(14-20(18)27)6-10-22(29)24(12-2-1-3-13-24)23(30)11-7-17-5-9-19(26)21(28)15-17/h4-11,14-15,25-28H,1-3,12-13H2/b10-6+,11-7+. The SMILES string of the molecule is O=C(/C=C/c1ccc(O)c(O)c1)C1(C(=O)/C=C/c2ccc(O)c(O)c2)CCCCC1. The van der Waals surface area contributed by atoms with Gasteiger partial charge in [-0.3, -0.25) is 9.59 Å². The predicted octanol–water partition coefficient (Wildman–Crippen LogP) is 4.32. The Bertz CT molecular complexity index is 937. The highest BCUT2D eigenvalue weighted by atomic mass is 16.3. The summed E-state index contributed by atoms with van der Waals surface area (Å²) in [4.78, 5) is 26.1. The van der Waals surface area contributed by atoms with Gasteiger partial charge in [0, 0.05) is 0 Å². The average Bonchev–Trinajstić information content (AvgIpc) is 2.75. The molecule has 0 bridgehead atoms. The number of hydrogen-bond acceptors (Lipinski definition) is 6. The van der Waals surface area contributed by atoms with Gasteiger partial charge in [0.05, 0.1) is 5.41 Å². The van der Waals surface area contributed by atoms with Crippen LogP contribution in [-0.4, -0.2) is 32.0 Å². The Morgan fingerprint density at radius 2 is 1.10 bits per heavy atom. The average molecular weight is 408 g/mol. The number of phenolic OH excluding ortho intramolecular Hbond substituents is 4. The fourth-order valence-electron chi connectivity index (χ4n) is 3.72. The van der Waals surface area contributed by atoms with Crippen LogP contribution in [0.4, 0.5) is 0 Å². The molecule has 4 N–H and O–H groups in total. The number of phenols is 4. The molecule has 1 fully saturated rings. The van der Waals surface area contributed by atoms with Crippen LogP contribution in [0.2, 0.25) is 0 Å². The molecule has 1 aliphatic carbocycles. The zero-order valence-corrected chi connectivity index (χ0v) is 16.4. The minimum absolute atomic E-state index is 0.247. The normalized spacial score (nSPS) is 16.1. The summed E-state index contributed by atoms with van der Waals surface area (Å²) in [5.74, 6) is -1.65. The fourth-order valence-corrected chi connectivity index (χ4v) is 3.72. The number of carbonyl (C=O) groups excluding carboxylic acids is 2. The second kappa shape index (κ2) is 8.86. The van der Waals surface area contributed by atoms with Crippen molar-refractivity contribution in [3.8, 4) is 23.0 Å². The molecule has 0 aliphatic heterocycles. The van der Waals surface area contributed by atoms with Gasteiger partial charge in [0.2, 0.25) is 0 Å². The Kier molecular flexibility index (Phi) is 6.26. The summed E-state index contributed by atoms with van der Waals surface area (Å²) in [5.41, 5.74) is -0.0669. The van der Waals surface area contributed by atoms with Crippen LogP contribution in [0.3, 0.4) is 0 Å². The molecule has 0 aromatic heterocycles. The largest absolute Gasteiger partial charge is 0.504 e. The highest BCUT2D eigenvalue weighted by Gasteiger charge is 2.43. The fraction of sp³-hybridized carbons (Fsp3) is 0.250. The number of rotatable bonds is 6. The van der Waals surface area contributed by atoms with Crippen molar-refractivity contribution in [1.82, 2.24) is 0 Å². The van der Waals surface area contributed by atoms with Crippen molar-refractivity contribution < 1.29 is 30.0 Å². The lowest BCUT2D eigenvalue weighted by molar-refractivity contribution is -0.137. The first-order chi connectivity index (χ1) is 14.3. The van der Waals surface area contributed by atoms with Crippen LogP contribution >= 0.6 is 0 Å². The summed E-state index contributed by atoms with van der Waals surface area (Å²) in [5, 5.41) is 38.0. The second-order valence-corrected chi connectivity index (χ2v) is 7.53. The van der Waals surface area contributed by atoms with Crippen molar-refractivity contribution in [3.05, 3.63) is 59.7 Å². The molecule has 0 heterocycles. The third-order valence-electron chi connectivity index (χ3n) is 5.50. The van der Waals surface area contributed by atoms with E-state index in [0.29, 0.717) is 24.0 Å². The molecule has 3 rings (SSSR count). The minimum atomic E-state index is -1.14. The molecule has 6 heteroatoms. The monoisotopic (exact) mass is 408 g/mol. The summed E-state index contributed by atoms with van der Waals surface area (Å²) < 4.78 is 0. The Morgan fingerprint density at radius 1 is 0.667 bits per heavy atom. The van der Waals surface area contributed by atoms with Crippen molar-refractivity contribution in [2.24, 2.45) is 5.41 Å². The van der Waals surface area contributed by atoms with E-state index >= 15 is 0 Å². The van der Waals surface area contributed by atoms with E-state index in [0.717, 1.165) is 19.3 Å². The minimum Gasteiger partial charge on any atom is -0.504 e. The third-order valence-corrected chi connectivity index (χ3v) is 5.50. The molecular weight excluding hydrogens is 384 g/mol. The number of carbonyl (C=O) groups is 2. The highest BCUT2D eigenvalue weighted by Crippen LogP contribution is 2.39. The van der Waals surface area contributed by atoms with Gasteiger partial charge in [0.1, 0.15) is 0 Å². The van der Waals surface area contributed by atoms with Crippen LogP contribution in [0.15, 0.2) is 48.6 Å². The molecule has 0 saturated heterocycles. The molecule has 0 radical (unpaired) electrons. The van der Waals surface area contributed by atoms with Crippen molar-refractivity contribution in [3.63, 3.8) is 0 Å². The molecule has 1 saturated carbocycles. The molecule has 30 heavy (non-hydrogen) atoms. The van der Waals surface area contributed by atoms with Gasteiger partial charge in [-0.1, -0.05) is 43.5 Å². The molecule has 1 aliphatic rings. The lowest BCUT2D eigenvalue weighted by Gasteiger charge is -2.32. The lowest BCUT2D eigenvalue weighted by Crippen LogP contribution is -2.39. The summed E-state index contributed by atoms with van der Waals surface area (Å²) in [6, 6.07) is 8.46. The van der Waals surface area contributed by atoms with Crippen molar-refractivity contribution in [2.75, 3.05) is 0 Å². The first-order valence-electron chi connectivity index (χ1n) is 9.81. The lowest BCUT2D eigenvalue weighted by atomic mass is 9.68. The van der Waals surface area contributed by atoms with E-state index in [1.165, 1.54) is 48.6 Å². The van der Waals surface area contributed by atoms with Gasteiger partial charge in [-0.05, 0) is 60.4 Å². The van der Waals surface area contributed by atoms with Crippen LogP contribution in [0.5, 0.6) is 23.0 Å². The smallest absolute Gasteiger partial charge is 0.169 e. The van der Waals surface area contributed by atoms with Crippen molar-refractivity contribution in [2.45, 2.75) is 32.1 Å². The van der Waals surface area contributed by atoms with Crippen LogP contribution in [0.25, 0.3) is 12.2 Å². The summed E-state index contributed by atoms with van der Waals surface area (Å²) in [7, 11) is 0. The van der Waals surface area contributed by atoms with E-state index in [1.807, 2.05) is 0 Å². The zero-order chi connectivity index (χ0) is 21.7. The van der Waals surface area contributed by atoms with E-state index < -0.39 is 5.41 Å². The maximum Gasteiger partial charge on any atom is 0.169 e. The maximum atomic E-state index is 13.1. The number of aromatic hydroxyl groups is 4. The van der Waals surface area contributed by atoms with Gasteiger partial charge in [0.25, 0.3) is 0 Å². The van der Waals surface area contributed by atoms with E-state index in [4.69, 9.17) is 0 Å². The molecule has 0 amide bonds. The molecule has 0 unspecified atom stereocenters. The summed E-state index contributed by atoms with van der Waals surface area (Å²) >= 11 is 0. The second-order valence-electron chi connectivity index (χ2n) is 7.53. The Balaban J connectivity index is 1.83. The van der Waals surface area contributed by atoms with Gasteiger partial charge in [-0.15, -0.1) is 0 Å². The van der Waals surface area contributed by atoms with E-state index in [-0.39, 0.29) is 34.6 Å². The van der Waals surface area contributed by atoms with Crippen LogP contribution in [0.1, 0.15) is 43.2 Å². The third kappa shape index (κ3) is 4.54. The van der Waals surface area contributed by atoms with Gasteiger partial charge in [-0.2, -0.15) is 0 Å². The predicted molar refractivity (Wildman–Crippen MR) is 113 cm³/mol. The molecule has 2 aromatic rings. The number of ketones is 2. The van der Waals surface area contributed by atoms with E-state index in [2.05, 4.69) is 0 Å². The van der Waals surface area contributed by atoms with Crippen molar-refractivity contribution in [1.29, 1.82) is 0 Å². The van der Waals surface area contributed by atoms with E-state index in [9.17, 15) is 30.0 Å². The molecule has 0 spiro atoms. The van der Waals surface area contributed by atoms with E-state index in [1.54, 1.807) is 12.1 Å². The zero-order valence-electron chi connectivity index (χ0n) is 16.4. The molecule has 2 aromatic carbocycles.